The standard InChI is InChI=1S/C40H46N4O6/c1-39(2,3)49-37(47)43-23-11-17-31(43)35(45)41-29-21-19-25-13-7-9-15-27(25)33(29)34-28-16-10-8-14-26(28)20-22-30(34)42-36(46)32-18-12-24-44(32)38(48)50-40(4,5)6/h7-10,13-16,19-22,31-32H,11-12,17-18,23-24H2,1-6H3,(H,41,45)(H,42,46)/t31-,32-/m0/s1. The van der Waals surface area contributed by atoms with Crippen LogP contribution in [0.5, 0.6) is 0 Å². The summed E-state index contributed by atoms with van der Waals surface area (Å²) in [5, 5.41) is 9.99. The number of likely N-dealkylation sites (tertiary alicyclic amines) is 2. The highest BCUT2D eigenvalue weighted by Crippen LogP contribution is 2.44. The van der Waals surface area contributed by atoms with Gasteiger partial charge >= 0.3 is 12.2 Å². The Morgan fingerprint density at radius 3 is 1.34 bits per heavy atom. The van der Waals surface area contributed by atoms with E-state index in [4.69, 9.17) is 9.47 Å². The van der Waals surface area contributed by atoms with Gasteiger partial charge in [0, 0.05) is 35.6 Å². The van der Waals surface area contributed by atoms with Crippen molar-refractivity contribution in [2.75, 3.05) is 23.7 Å². The highest BCUT2D eigenvalue weighted by molar-refractivity contribution is 6.17. The molecular formula is C40H46N4O6. The van der Waals surface area contributed by atoms with Crippen LogP contribution in [0.25, 0.3) is 32.7 Å². The molecule has 0 spiro atoms. The van der Waals surface area contributed by atoms with E-state index in [1.54, 1.807) is 41.5 Å². The van der Waals surface area contributed by atoms with Crippen LogP contribution in [0.2, 0.25) is 0 Å². The molecule has 6 rings (SSSR count). The Kier molecular flexibility index (Phi) is 9.48. The largest absolute Gasteiger partial charge is 0.444 e. The number of nitrogens with one attached hydrogen (secondary N) is 2. The molecule has 0 saturated carbocycles. The van der Waals surface area contributed by atoms with E-state index < -0.39 is 35.5 Å². The van der Waals surface area contributed by atoms with Crippen LogP contribution in [0.15, 0.2) is 72.8 Å². The zero-order valence-corrected chi connectivity index (χ0v) is 29.7. The summed E-state index contributed by atoms with van der Waals surface area (Å²) in [5.41, 5.74) is 1.19. The number of rotatable bonds is 5. The van der Waals surface area contributed by atoms with Crippen molar-refractivity contribution in [3.63, 3.8) is 0 Å². The summed E-state index contributed by atoms with van der Waals surface area (Å²) >= 11 is 0. The second-order valence-corrected chi connectivity index (χ2v) is 15.1. The number of ether oxygens (including phenoxy) is 2. The van der Waals surface area contributed by atoms with Crippen molar-refractivity contribution in [3.8, 4) is 11.1 Å². The molecule has 2 saturated heterocycles. The Balaban J connectivity index is 1.41. The molecule has 4 aromatic carbocycles. The Bertz CT molecular complexity index is 1820. The van der Waals surface area contributed by atoms with E-state index in [1.807, 2.05) is 72.8 Å². The van der Waals surface area contributed by atoms with Crippen LogP contribution in [-0.4, -0.2) is 70.2 Å². The number of nitrogens with zero attached hydrogens (tertiary/aromatic N) is 2. The van der Waals surface area contributed by atoms with Gasteiger partial charge in [-0.25, -0.2) is 9.59 Å². The van der Waals surface area contributed by atoms with Gasteiger partial charge in [-0.15, -0.1) is 0 Å². The minimum Gasteiger partial charge on any atom is -0.444 e. The van der Waals surface area contributed by atoms with Gasteiger partial charge in [0.2, 0.25) is 11.8 Å². The van der Waals surface area contributed by atoms with Gasteiger partial charge in [0.25, 0.3) is 0 Å². The van der Waals surface area contributed by atoms with Crippen molar-refractivity contribution in [1.82, 2.24) is 9.80 Å². The maximum Gasteiger partial charge on any atom is 0.410 e. The fourth-order valence-electron chi connectivity index (χ4n) is 6.88. The monoisotopic (exact) mass is 678 g/mol. The lowest BCUT2D eigenvalue weighted by atomic mass is 9.90. The fourth-order valence-corrected chi connectivity index (χ4v) is 6.88. The van der Waals surface area contributed by atoms with Crippen molar-refractivity contribution >= 4 is 56.9 Å². The molecule has 2 aliphatic rings. The van der Waals surface area contributed by atoms with Gasteiger partial charge in [0.1, 0.15) is 23.3 Å². The molecule has 262 valence electrons. The minimum atomic E-state index is -0.697. The van der Waals surface area contributed by atoms with Crippen molar-refractivity contribution in [1.29, 1.82) is 0 Å². The number of carbonyl (C=O) groups excluding carboxylic acids is 4. The topological polar surface area (TPSA) is 117 Å². The van der Waals surface area contributed by atoms with Crippen molar-refractivity contribution < 1.29 is 28.7 Å². The third kappa shape index (κ3) is 7.39. The molecule has 0 aliphatic carbocycles. The van der Waals surface area contributed by atoms with Gasteiger partial charge in [0.15, 0.2) is 0 Å². The molecule has 2 aliphatic heterocycles. The van der Waals surface area contributed by atoms with E-state index in [0.717, 1.165) is 32.7 Å². The van der Waals surface area contributed by atoms with E-state index in [2.05, 4.69) is 10.6 Å². The number of amides is 4. The Morgan fingerprint density at radius 1 is 0.580 bits per heavy atom. The second kappa shape index (κ2) is 13.7. The van der Waals surface area contributed by atoms with E-state index >= 15 is 0 Å². The summed E-state index contributed by atoms with van der Waals surface area (Å²) < 4.78 is 11.3. The molecular weight excluding hydrogens is 632 g/mol. The molecule has 2 heterocycles. The van der Waals surface area contributed by atoms with Crippen LogP contribution < -0.4 is 10.6 Å². The lowest BCUT2D eigenvalue weighted by Crippen LogP contribution is -2.45. The molecule has 2 atom stereocenters. The van der Waals surface area contributed by atoms with Crippen LogP contribution >= 0.6 is 0 Å². The summed E-state index contributed by atoms with van der Waals surface area (Å²) in [7, 11) is 0. The lowest BCUT2D eigenvalue weighted by molar-refractivity contribution is -0.121. The first-order valence-corrected chi connectivity index (χ1v) is 17.3. The molecule has 0 bridgehead atoms. The van der Waals surface area contributed by atoms with E-state index in [-0.39, 0.29) is 11.8 Å². The minimum absolute atomic E-state index is 0.310. The van der Waals surface area contributed by atoms with E-state index in [9.17, 15) is 19.2 Å². The Hall–Kier alpha value is -5.12. The molecule has 2 N–H and O–H groups in total. The van der Waals surface area contributed by atoms with Gasteiger partial charge in [-0.05, 0) is 101 Å². The molecule has 4 amide bonds. The van der Waals surface area contributed by atoms with Gasteiger partial charge in [-0.3, -0.25) is 19.4 Å². The number of benzene rings is 4. The van der Waals surface area contributed by atoms with Crippen LogP contribution in [0.1, 0.15) is 67.2 Å². The third-order valence-electron chi connectivity index (χ3n) is 8.99. The molecule has 0 aromatic heterocycles. The van der Waals surface area contributed by atoms with Crippen LogP contribution in [-0.2, 0) is 19.1 Å². The summed E-state index contributed by atoms with van der Waals surface area (Å²) in [6.07, 6.45) is 1.37. The molecule has 10 heteroatoms. The maximum atomic E-state index is 14.0. The quantitative estimate of drug-likeness (QED) is 0.219. The zero-order valence-electron chi connectivity index (χ0n) is 29.7. The molecule has 4 aromatic rings. The van der Waals surface area contributed by atoms with Gasteiger partial charge in [0.05, 0.1) is 0 Å². The van der Waals surface area contributed by atoms with Crippen LogP contribution in [0, 0.1) is 0 Å². The van der Waals surface area contributed by atoms with Gasteiger partial charge < -0.3 is 20.1 Å². The predicted molar refractivity (Wildman–Crippen MR) is 196 cm³/mol. The van der Waals surface area contributed by atoms with E-state index in [0.29, 0.717) is 50.1 Å². The van der Waals surface area contributed by atoms with Gasteiger partial charge in [-0.2, -0.15) is 0 Å². The Morgan fingerprint density at radius 2 is 0.960 bits per heavy atom. The fraction of sp³-hybridized carbons (Fsp3) is 0.400. The van der Waals surface area contributed by atoms with E-state index in [1.165, 1.54) is 9.80 Å². The average Bonchev–Trinajstić information content (AvgIpc) is 3.75. The first kappa shape index (κ1) is 34.7. The highest BCUT2D eigenvalue weighted by Gasteiger charge is 2.38. The van der Waals surface area contributed by atoms with Crippen LogP contribution in [0.3, 0.4) is 0 Å². The second-order valence-electron chi connectivity index (χ2n) is 15.1. The first-order chi connectivity index (χ1) is 23.7. The number of anilines is 2. The molecule has 0 unspecified atom stereocenters. The van der Waals surface area contributed by atoms with Crippen molar-refractivity contribution in [3.05, 3.63) is 72.8 Å². The van der Waals surface area contributed by atoms with Crippen molar-refractivity contribution in [2.45, 2.75) is 90.5 Å². The van der Waals surface area contributed by atoms with Crippen LogP contribution in [0.4, 0.5) is 21.0 Å². The van der Waals surface area contributed by atoms with Gasteiger partial charge in [-0.1, -0.05) is 60.7 Å². The average molecular weight is 679 g/mol. The highest BCUT2D eigenvalue weighted by atomic mass is 16.6. The summed E-state index contributed by atoms with van der Waals surface area (Å²) in [4.78, 5) is 57.2. The summed E-state index contributed by atoms with van der Waals surface area (Å²) in [6, 6.07) is 22.1. The summed E-state index contributed by atoms with van der Waals surface area (Å²) in [6.45, 7) is 11.7. The van der Waals surface area contributed by atoms with Crippen molar-refractivity contribution in [2.24, 2.45) is 0 Å². The SMILES string of the molecule is CC(C)(C)OC(=O)N1CCC[C@H]1C(=O)Nc1ccc2ccccc2c1-c1c(NC(=O)[C@@H]2CCCN2C(=O)OC(C)(C)C)ccc2ccccc12. The molecule has 10 nitrogen and oxygen atoms in total. The molecule has 2 fully saturated rings. The predicted octanol–water partition coefficient (Wildman–Crippen LogP) is 8.34. The molecule has 0 radical (unpaired) electrons. The summed E-state index contributed by atoms with van der Waals surface area (Å²) in [5.74, 6) is -0.621. The third-order valence-corrected chi connectivity index (χ3v) is 8.99. The maximum absolute atomic E-state index is 14.0. The first-order valence-electron chi connectivity index (χ1n) is 17.3. The molecule has 50 heavy (non-hydrogen) atoms. The number of carbonyl (C=O) groups is 4. The zero-order chi connectivity index (χ0) is 35.8. The lowest BCUT2D eigenvalue weighted by Gasteiger charge is -2.29. The number of fused-ring (bicyclic) bond motifs is 2. The Labute approximate surface area is 293 Å². The number of hydrogen-bond donors (Lipinski definition) is 2. The normalized spacial score (nSPS) is 18.0. The number of hydrogen-bond acceptors (Lipinski definition) is 6. The smallest absolute Gasteiger partial charge is 0.410 e.